The molecule has 6 heteroatoms. The number of carbonyl (C=O) groups is 1. The number of imidazole rings is 1. The van der Waals surface area contributed by atoms with Gasteiger partial charge in [-0.3, -0.25) is 4.79 Å². The Balaban J connectivity index is 1.51. The summed E-state index contributed by atoms with van der Waals surface area (Å²) in [5.41, 5.74) is 1.97. The van der Waals surface area contributed by atoms with E-state index in [0.29, 0.717) is 12.5 Å². The summed E-state index contributed by atoms with van der Waals surface area (Å²) in [5, 5.41) is 1.17. The molecule has 0 aliphatic carbocycles. The molecular formula is C19H22N4OS. The van der Waals surface area contributed by atoms with Crippen LogP contribution >= 0.6 is 11.3 Å². The number of para-hydroxylation sites is 2. The summed E-state index contributed by atoms with van der Waals surface area (Å²) in [7, 11) is 0. The maximum absolute atomic E-state index is 12.9. The molecule has 2 aromatic heterocycles. The summed E-state index contributed by atoms with van der Waals surface area (Å²) in [5.74, 6) is 1.43. The molecule has 3 aromatic rings. The van der Waals surface area contributed by atoms with Crippen LogP contribution in [-0.4, -0.2) is 38.4 Å². The number of hydrogen-bond acceptors (Lipinski definition) is 4. The standard InChI is InChI=1S/C19H22N4OS/c1-13-10-20-19(25-13)15-6-5-9-22(11-15)18(24)12-23-14(2)21-16-7-3-4-8-17(16)23/h3-4,7-8,10,15H,5-6,9,11-12H2,1-2H3/t15-/m1/s1. The van der Waals surface area contributed by atoms with Crippen LogP contribution in [0.3, 0.4) is 0 Å². The lowest BCUT2D eigenvalue weighted by Crippen LogP contribution is -2.40. The van der Waals surface area contributed by atoms with Gasteiger partial charge in [-0.2, -0.15) is 0 Å². The predicted molar refractivity (Wildman–Crippen MR) is 99.9 cm³/mol. The van der Waals surface area contributed by atoms with Gasteiger partial charge in [-0.25, -0.2) is 9.97 Å². The second-order valence-electron chi connectivity index (χ2n) is 6.72. The Kier molecular flexibility index (Phi) is 4.29. The summed E-state index contributed by atoms with van der Waals surface area (Å²) < 4.78 is 2.02. The lowest BCUT2D eigenvalue weighted by Gasteiger charge is -2.32. The number of hydrogen-bond donors (Lipinski definition) is 0. The molecule has 0 saturated carbocycles. The smallest absolute Gasteiger partial charge is 0.242 e. The summed E-state index contributed by atoms with van der Waals surface area (Å²) in [6, 6.07) is 7.99. The number of fused-ring (bicyclic) bond motifs is 1. The van der Waals surface area contributed by atoms with Crippen molar-refractivity contribution in [2.75, 3.05) is 13.1 Å². The van der Waals surface area contributed by atoms with Crippen molar-refractivity contribution in [2.45, 2.75) is 39.2 Å². The van der Waals surface area contributed by atoms with Crippen molar-refractivity contribution in [3.63, 3.8) is 0 Å². The molecule has 1 fully saturated rings. The number of rotatable bonds is 3. The highest BCUT2D eigenvalue weighted by atomic mass is 32.1. The molecule has 1 saturated heterocycles. The van der Waals surface area contributed by atoms with Gasteiger partial charge < -0.3 is 9.47 Å². The number of amides is 1. The fraction of sp³-hybridized carbons (Fsp3) is 0.421. The number of benzene rings is 1. The van der Waals surface area contributed by atoms with E-state index in [1.807, 2.05) is 46.9 Å². The third-order valence-electron chi connectivity index (χ3n) is 4.90. The van der Waals surface area contributed by atoms with Crippen LogP contribution in [-0.2, 0) is 11.3 Å². The van der Waals surface area contributed by atoms with E-state index in [-0.39, 0.29) is 5.91 Å². The van der Waals surface area contributed by atoms with Crippen LogP contribution in [0.4, 0.5) is 0 Å². The van der Waals surface area contributed by atoms with Crippen molar-refractivity contribution in [3.8, 4) is 0 Å². The van der Waals surface area contributed by atoms with E-state index in [1.54, 1.807) is 11.3 Å². The molecule has 130 valence electrons. The van der Waals surface area contributed by atoms with Crippen molar-refractivity contribution in [1.82, 2.24) is 19.4 Å². The van der Waals surface area contributed by atoms with Gasteiger partial charge in [-0.15, -0.1) is 11.3 Å². The highest BCUT2D eigenvalue weighted by molar-refractivity contribution is 7.11. The average Bonchev–Trinajstić information content (AvgIpc) is 3.19. The Morgan fingerprint density at radius 3 is 2.96 bits per heavy atom. The molecule has 1 aromatic carbocycles. The van der Waals surface area contributed by atoms with Gasteiger partial charge in [0.1, 0.15) is 12.4 Å². The van der Waals surface area contributed by atoms with Crippen LogP contribution in [0.25, 0.3) is 11.0 Å². The first-order valence-corrected chi connectivity index (χ1v) is 9.55. The van der Waals surface area contributed by atoms with Gasteiger partial charge in [0.25, 0.3) is 0 Å². The van der Waals surface area contributed by atoms with Crippen LogP contribution < -0.4 is 0 Å². The number of thiazole rings is 1. The molecule has 1 aliphatic rings. The second-order valence-corrected chi connectivity index (χ2v) is 7.99. The van der Waals surface area contributed by atoms with Crippen LogP contribution in [0.1, 0.15) is 34.5 Å². The van der Waals surface area contributed by atoms with E-state index in [1.165, 1.54) is 9.88 Å². The molecule has 0 bridgehead atoms. The van der Waals surface area contributed by atoms with Gasteiger partial charge in [-0.05, 0) is 38.8 Å². The third-order valence-corrected chi connectivity index (χ3v) is 5.98. The minimum Gasteiger partial charge on any atom is -0.340 e. The quantitative estimate of drug-likeness (QED) is 0.723. The minimum absolute atomic E-state index is 0.171. The zero-order chi connectivity index (χ0) is 17.4. The van der Waals surface area contributed by atoms with Crippen molar-refractivity contribution in [3.05, 3.63) is 46.2 Å². The molecule has 4 rings (SSSR count). The van der Waals surface area contributed by atoms with Crippen LogP contribution in [0.2, 0.25) is 0 Å². The van der Waals surface area contributed by atoms with Gasteiger partial charge in [0.2, 0.25) is 5.91 Å². The van der Waals surface area contributed by atoms with E-state index in [0.717, 1.165) is 42.8 Å². The van der Waals surface area contributed by atoms with Crippen molar-refractivity contribution < 1.29 is 4.79 Å². The first kappa shape index (κ1) is 16.3. The zero-order valence-corrected chi connectivity index (χ0v) is 15.4. The number of piperidine rings is 1. The third kappa shape index (κ3) is 3.18. The topological polar surface area (TPSA) is 51.0 Å². The Labute approximate surface area is 151 Å². The second kappa shape index (κ2) is 6.59. The summed E-state index contributed by atoms with van der Waals surface area (Å²) in [6.45, 7) is 6.02. The first-order valence-electron chi connectivity index (χ1n) is 8.74. The van der Waals surface area contributed by atoms with Gasteiger partial charge in [0.15, 0.2) is 0 Å². The van der Waals surface area contributed by atoms with Crippen molar-refractivity contribution >= 4 is 28.3 Å². The highest BCUT2D eigenvalue weighted by Crippen LogP contribution is 2.30. The normalized spacial score (nSPS) is 18.0. The predicted octanol–water partition coefficient (Wildman–Crippen LogP) is 3.52. The van der Waals surface area contributed by atoms with Gasteiger partial charge in [0.05, 0.1) is 16.0 Å². The van der Waals surface area contributed by atoms with E-state index in [4.69, 9.17) is 0 Å². The fourth-order valence-corrected chi connectivity index (χ4v) is 4.50. The van der Waals surface area contributed by atoms with Crippen LogP contribution in [0.15, 0.2) is 30.5 Å². The largest absolute Gasteiger partial charge is 0.340 e. The van der Waals surface area contributed by atoms with Crippen molar-refractivity contribution in [2.24, 2.45) is 0 Å². The van der Waals surface area contributed by atoms with Crippen LogP contribution in [0.5, 0.6) is 0 Å². The Morgan fingerprint density at radius 1 is 1.32 bits per heavy atom. The van der Waals surface area contributed by atoms with Crippen molar-refractivity contribution in [1.29, 1.82) is 0 Å². The Morgan fingerprint density at radius 2 is 2.16 bits per heavy atom. The SMILES string of the molecule is Cc1cnc([C@@H]2CCCN(C(=O)Cn3c(C)nc4ccccc43)C2)s1. The maximum atomic E-state index is 12.9. The molecule has 3 heterocycles. The van der Waals surface area contributed by atoms with Gasteiger partial charge in [0, 0.05) is 30.1 Å². The molecule has 0 radical (unpaired) electrons. The molecule has 5 nitrogen and oxygen atoms in total. The van der Waals surface area contributed by atoms with E-state index < -0.39 is 0 Å². The molecule has 1 aliphatic heterocycles. The molecule has 0 N–H and O–H groups in total. The lowest BCUT2D eigenvalue weighted by atomic mass is 9.98. The lowest BCUT2D eigenvalue weighted by molar-refractivity contribution is -0.133. The minimum atomic E-state index is 0.171. The molecule has 0 spiro atoms. The monoisotopic (exact) mass is 354 g/mol. The summed E-state index contributed by atoms with van der Waals surface area (Å²) >= 11 is 1.75. The van der Waals surface area contributed by atoms with E-state index >= 15 is 0 Å². The first-order chi connectivity index (χ1) is 12.1. The summed E-state index contributed by atoms with van der Waals surface area (Å²) in [4.78, 5) is 25.2. The number of aryl methyl sites for hydroxylation is 2. The molecule has 1 atom stereocenters. The number of likely N-dealkylation sites (tertiary alicyclic amines) is 1. The molecular weight excluding hydrogens is 332 g/mol. The highest BCUT2D eigenvalue weighted by Gasteiger charge is 2.27. The number of nitrogens with zero attached hydrogens (tertiary/aromatic N) is 4. The maximum Gasteiger partial charge on any atom is 0.242 e. The van der Waals surface area contributed by atoms with Gasteiger partial charge in [-0.1, -0.05) is 12.1 Å². The average molecular weight is 354 g/mol. The summed E-state index contributed by atoms with van der Waals surface area (Å²) in [6.07, 6.45) is 4.09. The van der Waals surface area contributed by atoms with E-state index in [9.17, 15) is 4.79 Å². The van der Waals surface area contributed by atoms with E-state index in [2.05, 4.69) is 16.9 Å². The Hall–Kier alpha value is -2.21. The van der Waals surface area contributed by atoms with Gasteiger partial charge >= 0.3 is 0 Å². The zero-order valence-electron chi connectivity index (χ0n) is 14.6. The molecule has 25 heavy (non-hydrogen) atoms. The van der Waals surface area contributed by atoms with Crippen LogP contribution in [0, 0.1) is 13.8 Å². The number of aromatic nitrogens is 3. The number of carbonyl (C=O) groups excluding carboxylic acids is 1. The molecule has 1 amide bonds. The Bertz CT molecular complexity index is 913. The fourth-order valence-electron chi connectivity index (χ4n) is 3.60. The molecule has 0 unspecified atom stereocenters.